The Balaban J connectivity index is 1.53. The van der Waals surface area contributed by atoms with E-state index in [1.807, 2.05) is 12.3 Å². The topological polar surface area (TPSA) is 41.1 Å². The molecule has 1 aromatic rings. The maximum atomic E-state index is 11.7. The maximum absolute atomic E-state index is 11.7. The van der Waals surface area contributed by atoms with E-state index in [9.17, 15) is 4.79 Å². The largest absolute Gasteiger partial charge is 0.338 e. The molecule has 1 fully saturated rings. The molecule has 3 nitrogen and oxygen atoms in total. The number of rotatable bonds is 6. The molecule has 1 aromatic carbocycles. The van der Waals surface area contributed by atoms with Crippen LogP contribution in [0.5, 0.6) is 0 Å². The third-order valence-electron chi connectivity index (χ3n) is 3.92. The van der Waals surface area contributed by atoms with E-state index in [-0.39, 0.29) is 6.03 Å². The lowest BCUT2D eigenvalue weighted by molar-refractivity contribution is 0.244. The molecule has 0 heterocycles. The van der Waals surface area contributed by atoms with Crippen molar-refractivity contribution in [1.82, 2.24) is 10.6 Å². The molecule has 2 amide bonds. The zero-order valence-corrected chi connectivity index (χ0v) is 12.7. The summed E-state index contributed by atoms with van der Waals surface area (Å²) in [5.74, 6) is 0. The van der Waals surface area contributed by atoms with Crippen molar-refractivity contribution in [2.45, 2.75) is 51.4 Å². The summed E-state index contributed by atoms with van der Waals surface area (Å²) >= 11 is 0. The molecule has 1 saturated carbocycles. The Morgan fingerprint density at radius 2 is 1.81 bits per heavy atom. The number of urea groups is 1. The molecule has 2 rings (SSSR count). The van der Waals surface area contributed by atoms with Gasteiger partial charge in [-0.1, -0.05) is 42.3 Å². The zero-order chi connectivity index (χ0) is 14.8. The summed E-state index contributed by atoms with van der Waals surface area (Å²) in [5, 5.41) is 5.76. The van der Waals surface area contributed by atoms with Crippen molar-refractivity contribution in [2.24, 2.45) is 0 Å². The Hall–Kier alpha value is -1.77. The van der Waals surface area contributed by atoms with Crippen molar-refractivity contribution in [3.63, 3.8) is 0 Å². The standard InChI is InChI=1S/C18H26N2O/c21-18(20-15-17-12-5-2-6-13-17)19-14-8-7-11-16-9-3-1-4-10-16/h1,3-4,9-10,15H,2,5-8,11-14H2,(H2,19,20,21). The molecule has 0 bridgehead atoms. The van der Waals surface area contributed by atoms with E-state index in [4.69, 9.17) is 0 Å². The molecule has 0 unspecified atom stereocenters. The van der Waals surface area contributed by atoms with Crippen molar-refractivity contribution in [3.8, 4) is 0 Å². The van der Waals surface area contributed by atoms with Gasteiger partial charge in [0.25, 0.3) is 0 Å². The summed E-state index contributed by atoms with van der Waals surface area (Å²) in [7, 11) is 0. The zero-order valence-electron chi connectivity index (χ0n) is 12.7. The van der Waals surface area contributed by atoms with Gasteiger partial charge in [0.1, 0.15) is 0 Å². The van der Waals surface area contributed by atoms with E-state index in [0.29, 0.717) is 0 Å². The highest BCUT2D eigenvalue weighted by Crippen LogP contribution is 2.21. The summed E-state index contributed by atoms with van der Waals surface area (Å²) in [5.41, 5.74) is 2.74. The van der Waals surface area contributed by atoms with Gasteiger partial charge in [0, 0.05) is 12.7 Å². The molecular formula is C18H26N2O. The second kappa shape index (κ2) is 9.22. The fraction of sp³-hybridized carbons (Fsp3) is 0.500. The van der Waals surface area contributed by atoms with Gasteiger partial charge in [0.05, 0.1) is 0 Å². The fourth-order valence-corrected chi connectivity index (χ4v) is 2.67. The van der Waals surface area contributed by atoms with Crippen molar-refractivity contribution >= 4 is 6.03 Å². The number of carbonyl (C=O) groups is 1. The minimum absolute atomic E-state index is 0.0761. The number of hydrogen-bond acceptors (Lipinski definition) is 1. The summed E-state index contributed by atoms with van der Waals surface area (Å²) in [6.07, 6.45) is 11.2. The quantitative estimate of drug-likeness (QED) is 0.758. The molecular weight excluding hydrogens is 260 g/mol. The van der Waals surface area contributed by atoms with E-state index in [2.05, 4.69) is 34.9 Å². The average molecular weight is 286 g/mol. The predicted molar refractivity (Wildman–Crippen MR) is 87.1 cm³/mol. The van der Waals surface area contributed by atoms with Crippen LogP contribution in [-0.4, -0.2) is 12.6 Å². The maximum Gasteiger partial charge on any atom is 0.318 e. The van der Waals surface area contributed by atoms with E-state index in [0.717, 1.165) is 38.6 Å². The lowest BCUT2D eigenvalue weighted by Crippen LogP contribution is -2.33. The molecule has 2 N–H and O–H groups in total. The van der Waals surface area contributed by atoms with E-state index < -0.39 is 0 Å². The van der Waals surface area contributed by atoms with Crippen LogP contribution in [-0.2, 0) is 6.42 Å². The average Bonchev–Trinajstić information content (AvgIpc) is 2.54. The monoisotopic (exact) mass is 286 g/mol. The third-order valence-corrected chi connectivity index (χ3v) is 3.92. The third kappa shape index (κ3) is 6.48. The van der Waals surface area contributed by atoms with E-state index in [1.54, 1.807) is 0 Å². The molecule has 0 atom stereocenters. The molecule has 21 heavy (non-hydrogen) atoms. The number of amides is 2. The van der Waals surface area contributed by atoms with Crippen LogP contribution in [0.1, 0.15) is 50.5 Å². The summed E-state index contributed by atoms with van der Waals surface area (Å²) < 4.78 is 0. The second-order valence-electron chi connectivity index (χ2n) is 5.71. The Labute approximate surface area is 127 Å². The highest BCUT2D eigenvalue weighted by molar-refractivity contribution is 5.74. The minimum Gasteiger partial charge on any atom is -0.338 e. The van der Waals surface area contributed by atoms with Crippen LogP contribution in [0.4, 0.5) is 4.79 Å². The van der Waals surface area contributed by atoms with Crippen LogP contribution in [0.2, 0.25) is 0 Å². The first kappa shape index (κ1) is 15.6. The molecule has 0 spiro atoms. The van der Waals surface area contributed by atoms with Gasteiger partial charge in [-0.05, 0) is 50.5 Å². The molecule has 114 valence electrons. The first-order valence-electron chi connectivity index (χ1n) is 8.11. The van der Waals surface area contributed by atoms with Gasteiger partial charge in [0.2, 0.25) is 0 Å². The van der Waals surface area contributed by atoms with Crippen molar-refractivity contribution < 1.29 is 4.79 Å². The van der Waals surface area contributed by atoms with Gasteiger partial charge in [-0.3, -0.25) is 0 Å². The highest BCUT2D eigenvalue weighted by Gasteiger charge is 2.05. The van der Waals surface area contributed by atoms with Crippen LogP contribution in [0.15, 0.2) is 42.1 Å². The number of carbonyl (C=O) groups excluding carboxylic acids is 1. The van der Waals surface area contributed by atoms with Gasteiger partial charge in [-0.2, -0.15) is 0 Å². The predicted octanol–water partition coefficient (Wildman–Crippen LogP) is 4.16. The van der Waals surface area contributed by atoms with Crippen LogP contribution in [0.3, 0.4) is 0 Å². The molecule has 0 radical (unpaired) electrons. The molecule has 0 aliphatic heterocycles. The summed E-state index contributed by atoms with van der Waals surface area (Å²) in [4.78, 5) is 11.7. The summed E-state index contributed by atoms with van der Waals surface area (Å²) in [6.45, 7) is 0.738. The van der Waals surface area contributed by atoms with Gasteiger partial charge in [-0.15, -0.1) is 0 Å². The molecule has 1 aliphatic rings. The molecule has 3 heteroatoms. The SMILES string of the molecule is O=C(NC=C1CCCCC1)NCCCCc1ccccc1. The number of nitrogens with one attached hydrogen (secondary N) is 2. The highest BCUT2D eigenvalue weighted by atomic mass is 16.2. The Bertz CT molecular complexity index is 446. The van der Waals surface area contributed by atoms with Gasteiger partial charge in [-0.25, -0.2) is 4.79 Å². The number of allylic oxidation sites excluding steroid dienone is 1. The first-order chi connectivity index (χ1) is 10.3. The van der Waals surface area contributed by atoms with Crippen molar-refractivity contribution in [2.75, 3.05) is 6.54 Å². The Morgan fingerprint density at radius 1 is 1.05 bits per heavy atom. The van der Waals surface area contributed by atoms with Crippen LogP contribution >= 0.6 is 0 Å². The van der Waals surface area contributed by atoms with E-state index >= 15 is 0 Å². The Morgan fingerprint density at radius 3 is 2.57 bits per heavy atom. The number of hydrogen-bond donors (Lipinski definition) is 2. The number of aryl methyl sites for hydroxylation is 1. The number of unbranched alkanes of at least 4 members (excludes halogenated alkanes) is 1. The van der Waals surface area contributed by atoms with E-state index in [1.165, 1.54) is 30.4 Å². The molecule has 0 aromatic heterocycles. The molecule has 1 aliphatic carbocycles. The Kier molecular flexibility index (Phi) is 6.85. The lowest BCUT2D eigenvalue weighted by Gasteiger charge is -2.13. The van der Waals surface area contributed by atoms with Crippen LogP contribution < -0.4 is 10.6 Å². The van der Waals surface area contributed by atoms with Gasteiger partial charge < -0.3 is 10.6 Å². The minimum atomic E-state index is -0.0761. The molecule has 0 saturated heterocycles. The van der Waals surface area contributed by atoms with Crippen LogP contribution in [0.25, 0.3) is 0 Å². The van der Waals surface area contributed by atoms with Gasteiger partial charge >= 0.3 is 6.03 Å². The fourth-order valence-electron chi connectivity index (χ4n) is 2.67. The van der Waals surface area contributed by atoms with Crippen molar-refractivity contribution in [3.05, 3.63) is 47.7 Å². The smallest absolute Gasteiger partial charge is 0.318 e. The lowest BCUT2D eigenvalue weighted by atomic mass is 9.96. The number of benzene rings is 1. The van der Waals surface area contributed by atoms with Crippen LogP contribution in [0, 0.1) is 0 Å². The van der Waals surface area contributed by atoms with Gasteiger partial charge in [0.15, 0.2) is 0 Å². The summed E-state index contributed by atoms with van der Waals surface area (Å²) in [6, 6.07) is 10.4. The first-order valence-corrected chi connectivity index (χ1v) is 8.11. The van der Waals surface area contributed by atoms with Crippen molar-refractivity contribution in [1.29, 1.82) is 0 Å². The second-order valence-corrected chi connectivity index (χ2v) is 5.71. The normalized spacial score (nSPS) is 14.6.